The molecular weight excluding hydrogens is 274 g/mol. The highest BCUT2D eigenvalue weighted by Crippen LogP contribution is 2.18. The minimum atomic E-state index is -0.527. The molecule has 0 saturated carbocycles. The number of carbonyl (C=O) groups is 1. The Labute approximate surface area is 122 Å². The topological polar surface area (TPSA) is 64.1 Å². The van der Waals surface area contributed by atoms with E-state index in [9.17, 15) is 4.79 Å². The smallest absolute Gasteiger partial charge is 0.376 e. The summed E-state index contributed by atoms with van der Waals surface area (Å²) < 4.78 is 4.64. The van der Waals surface area contributed by atoms with Crippen LogP contribution in [0.3, 0.4) is 0 Å². The van der Waals surface area contributed by atoms with Gasteiger partial charge in [0.1, 0.15) is 5.82 Å². The monoisotopic (exact) mass is 291 g/mol. The van der Waals surface area contributed by atoms with Crippen molar-refractivity contribution >= 4 is 23.1 Å². The number of thiophene rings is 1. The van der Waals surface area contributed by atoms with Crippen LogP contribution in [0.2, 0.25) is 0 Å². The quantitative estimate of drug-likeness (QED) is 0.858. The van der Waals surface area contributed by atoms with Gasteiger partial charge >= 0.3 is 5.97 Å². The van der Waals surface area contributed by atoms with Crippen molar-refractivity contribution in [1.29, 1.82) is 0 Å². The molecule has 2 aromatic heterocycles. The van der Waals surface area contributed by atoms with Crippen molar-refractivity contribution in [3.05, 3.63) is 39.5 Å². The first kappa shape index (κ1) is 14.5. The van der Waals surface area contributed by atoms with Gasteiger partial charge in [-0.3, -0.25) is 0 Å². The average Bonchev–Trinajstić information content (AvgIpc) is 2.91. The van der Waals surface area contributed by atoms with Crippen LogP contribution in [0, 0.1) is 6.92 Å². The zero-order valence-corrected chi connectivity index (χ0v) is 12.6. The number of esters is 1. The van der Waals surface area contributed by atoms with Crippen LogP contribution in [-0.2, 0) is 17.7 Å². The lowest BCUT2D eigenvalue weighted by Crippen LogP contribution is -2.11. The van der Waals surface area contributed by atoms with Gasteiger partial charge in [-0.25, -0.2) is 14.8 Å². The number of hydrogen-bond acceptors (Lipinski definition) is 6. The van der Waals surface area contributed by atoms with Crippen LogP contribution in [0.25, 0.3) is 0 Å². The molecule has 2 rings (SSSR count). The molecule has 6 heteroatoms. The van der Waals surface area contributed by atoms with E-state index in [2.05, 4.69) is 39.1 Å². The second-order valence-electron chi connectivity index (χ2n) is 4.28. The number of aromatic nitrogens is 2. The molecule has 0 aliphatic rings. The van der Waals surface area contributed by atoms with Crippen molar-refractivity contribution < 1.29 is 9.53 Å². The van der Waals surface area contributed by atoms with Gasteiger partial charge in [0, 0.05) is 21.5 Å². The predicted octanol–water partition coefficient (Wildman–Crippen LogP) is 2.81. The lowest BCUT2D eigenvalue weighted by Gasteiger charge is -2.06. The summed E-state index contributed by atoms with van der Waals surface area (Å²) in [6.45, 7) is 4.64. The van der Waals surface area contributed by atoms with Crippen molar-refractivity contribution in [2.75, 3.05) is 12.4 Å². The summed E-state index contributed by atoms with van der Waals surface area (Å²) in [6, 6.07) is 6.04. The minimum absolute atomic E-state index is 0.0791. The molecule has 20 heavy (non-hydrogen) atoms. The van der Waals surface area contributed by atoms with E-state index in [4.69, 9.17) is 0 Å². The molecule has 106 valence electrons. The molecule has 0 saturated heterocycles. The fourth-order valence-corrected chi connectivity index (χ4v) is 2.62. The van der Waals surface area contributed by atoms with Gasteiger partial charge in [-0.15, -0.1) is 11.3 Å². The van der Waals surface area contributed by atoms with Gasteiger partial charge in [-0.2, -0.15) is 0 Å². The average molecular weight is 291 g/mol. The predicted molar refractivity (Wildman–Crippen MR) is 79.1 cm³/mol. The summed E-state index contributed by atoms with van der Waals surface area (Å²) in [5.41, 5.74) is 0.725. The third-order valence-corrected chi connectivity index (χ3v) is 3.96. The molecular formula is C14H17N3O2S. The third kappa shape index (κ3) is 3.54. The molecule has 0 atom stereocenters. The molecule has 2 heterocycles. The van der Waals surface area contributed by atoms with E-state index in [0.29, 0.717) is 12.4 Å². The molecule has 2 aromatic rings. The maximum Gasteiger partial charge on any atom is 0.376 e. The van der Waals surface area contributed by atoms with Gasteiger partial charge in [0.05, 0.1) is 13.7 Å². The number of hydrogen-bond donors (Lipinski definition) is 1. The third-order valence-electron chi connectivity index (χ3n) is 2.73. The van der Waals surface area contributed by atoms with Gasteiger partial charge in [0.15, 0.2) is 0 Å². The first-order chi connectivity index (χ1) is 9.62. The van der Waals surface area contributed by atoms with Crippen LogP contribution in [0.4, 0.5) is 5.82 Å². The Hall–Kier alpha value is -1.95. The second-order valence-corrected chi connectivity index (χ2v) is 5.54. The Morgan fingerprint density at radius 1 is 1.35 bits per heavy atom. The first-order valence-electron chi connectivity index (χ1n) is 6.37. The molecule has 0 radical (unpaired) electrons. The van der Waals surface area contributed by atoms with Gasteiger partial charge in [-0.1, -0.05) is 6.92 Å². The maximum atomic E-state index is 11.5. The van der Waals surface area contributed by atoms with E-state index in [-0.39, 0.29) is 5.82 Å². The Bertz CT molecular complexity index is 610. The molecule has 0 bridgehead atoms. The zero-order chi connectivity index (χ0) is 14.5. The van der Waals surface area contributed by atoms with Crippen LogP contribution >= 0.6 is 11.3 Å². The number of carbonyl (C=O) groups excluding carboxylic acids is 1. The Balaban J connectivity index is 2.09. The van der Waals surface area contributed by atoms with E-state index in [1.54, 1.807) is 17.4 Å². The Morgan fingerprint density at radius 3 is 2.75 bits per heavy atom. The summed E-state index contributed by atoms with van der Waals surface area (Å²) in [4.78, 5) is 22.3. The lowest BCUT2D eigenvalue weighted by molar-refractivity contribution is 0.0586. The van der Waals surface area contributed by atoms with Gasteiger partial charge < -0.3 is 10.1 Å². The number of ether oxygens (including phenoxy) is 1. The Kier molecular flexibility index (Phi) is 4.68. The molecule has 0 unspecified atom stereocenters. The Morgan fingerprint density at radius 2 is 2.10 bits per heavy atom. The van der Waals surface area contributed by atoms with Crippen LogP contribution < -0.4 is 5.32 Å². The molecule has 0 aromatic carbocycles. The maximum absolute atomic E-state index is 11.5. The summed E-state index contributed by atoms with van der Waals surface area (Å²) in [5, 5.41) is 3.21. The van der Waals surface area contributed by atoms with Gasteiger partial charge in [-0.05, 0) is 25.5 Å². The van der Waals surface area contributed by atoms with E-state index in [0.717, 1.165) is 12.1 Å². The summed E-state index contributed by atoms with van der Waals surface area (Å²) in [6.07, 6.45) is 1.05. The molecule has 5 nitrogen and oxygen atoms in total. The van der Waals surface area contributed by atoms with Crippen LogP contribution in [0.15, 0.2) is 18.2 Å². The molecule has 0 aliphatic heterocycles. The first-order valence-corrected chi connectivity index (χ1v) is 7.19. The lowest BCUT2D eigenvalue weighted by atomic mass is 10.3. The minimum Gasteiger partial charge on any atom is -0.463 e. The van der Waals surface area contributed by atoms with E-state index >= 15 is 0 Å². The number of aryl methyl sites for hydroxylation is 2. The molecule has 0 amide bonds. The summed E-state index contributed by atoms with van der Waals surface area (Å²) >= 11 is 1.77. The number of anilines is 1. The highest BCUT2D eigenvalue weighted by Gasteiger charge is 2.11. The number of nitrogens with one attached hydrogen (secondary N) is 1. The molecule has 0 spiro atoms. The highest BCUT2D eigenvalue weighted by atomic mass is 32.1. The second kappa shape index (κ2) is 6.47. The standard InChI is InChI=1S/C14H17N3O2S/c1-4-10-5-6-11(20-10)8-15-12-7-9(2)16-13(17-12)14(18)19-3/h5-7H,4,8H2,1-3H3,(H,15,16,17). The van der Waals surface area contributed by atoms with E-state index < -0.39 is 5.97 Å². The van der Waals surface area contributed by atoms with E-state index in [1.807, 2.05) is 6.92 Å². The molecule has 0 fully saturated rings. The van der Waals surface area contributed by atoms with Crippen molar-refractivity contribution in [1.82, 2.24) is 9.97 Å². The van der Waals surface area contributed by atoms with Gasteiger partial charge in [0.2, 0.25) is 5.82 Å². The largest absolute Gasteiger partial charge is 0.463 e. The molecule has 1 N–H and O–H groups in total. The van der Waals surface area contributed by atoms with Crippen molar-refractivity contribution in [3.63, 3.8) is 0 Å². The zero-order valence-electron chi connectivity index (χ0n) is 11.8. The van der Waals surface area contributed by atoms with E-state index in [1.165, 1.54) is 16.9 Å². The van der Waals surface area contributed by atoms with Crippen LogP contribution in [-0.4, -0.2) is 23.0 Å². The fraction of sp³-hybridized carbons (Fsp3) is 0.357. The number of rotatable bonds is 5. The SMILES string of the molecule is CCc1ccc(CNc2cc(C)nc(C(=O)OC)n2)s1. The van der Waals surface area contributed by atoms with Gasteiger partial charge in [0.25, 0.3) is 0 Å². The molecule has 0 aliphatic carbocycles. The van der Waals surface area contributed by atoms with Crippen molar-refractivity contribution in [3.8, 4) is 0 Å². The van der Waals surface area contributed by atoms with Crippen LogP contribution in [0.5, 0.6) is 0 Å². The number of nitrogens with zero attached hydrogens (tertiary/aromatic N) is 2. The number of methoxy groups -OCH3 is 1. The van der Waals surface area contributed by atoms with Crippen LogP contribution in [0.1, 0.15) is 33.0 Å². The van der Waals surface area contributed by atoms with Crippen molar-refractivity contribution in [2.45, 2.75) is 26.8 Å². The summed E-state index contributed by atoms with van der Waals surface area (Å²) in [7, 11) is 1.32. The van der Waals surface area contributed by atoms with Crippen molar-refractivity contribution in [2.24, 2.45) is 0 Å². The summed E-state index contributed by atoms with van der Waals surface area (Å²) in [5.74, 6) is 0.181. The fourth-order valence-electron chi connectivity index (χ4n) is 1.73. The highest BCUT2D eigenvalue weighted by molar-refractivity contribution is 7.12. The normalized spacial score (nSPS) is 10.3.